The molecule has 0 spiro atoms. The molecule has 0 saturated carbocycles. The van der Waals surface area contributed by atoms with Gasteiger partial charge in [-0.3, -0.25) is 33.9 Å². The van der Waals surface area contributed by atoms with Crippen molar-refractivity contribution in [3.8, 4) is 0 Å². The first-order chi connectivity index (χ1) is 27.5. The van der Waals surface area contributed by atoms with Gasteiger partial charge in [-0.25, -0.2) is 4.98 Å². The van der Waals surface area contributed by atoms with Crippen molar-refractivity contribution < 1.29 is 68.0 Å². The second-order valence-corrected chi connectivity index (χ2v) is 12.8. The number of Topliss-reactive ketones (excluding diaryl/α,β-unsaturated/α-hetero) is 2. The van der Waals surface area contributed by atoms with E-state index in [-0.39, 0.29) is 18.4 Å². The van der Waals surface area contributed by atoms with E-state index >= 15 is 0 Å². The lowest BCUT2D eigenvalue weighted by Crippen LogP contribution is -2.50. The molecule has 0 atom stereocenters. The van der Waals surface area contributed by atoms with Gasteiger partial charge in [0, 0.05) is 49.8 Å². The number of fused-ring (bicyclic) bond motifs is 6. The first kappa shape index (κ1) is 45.5. The number of piperazine rings is 1. The minimum absolute atomic E-state index is 0.117. The number of anilines is 5. The highest BCUT2D eigenvalue weighted by Gasteiger charge is 2.54. The highest BCUT2D eigenvalue weighted by Crippen LogP contribution is 2.30. The molecule has 59 heavy (non-hydrogen) atoms. The van der Waals surface area contributed by atoms with Crippen LogP contribution in [0.3, 0.4) is 0 Å². The van der Waals surface area contributed by atoms with Crippen LogP contribution < -0.4 is 16.0 Å². The lowest BCUT2D eigenvalue weighted by molar-refractivity contribution is -0.193. The summed E-state index contributed by atoms with van der Waals surface area (Å²) in [5.74, 6) is -5.63. The third-order valence-corrected chi connectivity index (χ3v) is 8.13. The van der Waals surface area contributed by atoms with E-state index in [1.807, 2.05) is 35.4 Å². The van der Waals surface area contributed by atoms with Gasteiger partial charge in [-0.1, -0.05) is 16.8 Å². The van der Waals surface area contributed by atoms with Crippen molar-refractivity contribution in [3.63, 3.8) is 0 Å². The Balaban J connectivity index is 0.000000358. The molecule has 3 N–H and O–H groups in total. The van der Waals surface area contributed by atoms with Crippen molar-refractivity contribution in [2.75, 3.05) is 48.7 Å². The van der Waals surface area contributed by atoms with Crippen LogP contribution in [0.2, 0.25) is 5.02 Å². The number of ketones is 2. The molecule has 5 heterocycles. The maximum atomic E-state index is 13.1. The Morgan fingerprint density at radius 1 is 0.864 bits per heavy atom. The average Bonchev–Trinajstić information content (AvgIpc) is 3.61. The number of aldehydes is 1. The molecule has 25 heteroatoms. The predicted molar refractivity (Wildman–Crippen MR) is 188 cm³/mol. The van der Waals surface area contributed by atoms with Gasteiger partial charge in [0.15, 0.2) is 11.5 Å². The molecular formula is C34H29ClF9N9O6. The van der Waals surface area contributed by atoms with E-state index in [4.69, 9.17) is 20.9 Å². The lowest BCUT2D eigenvalue weighted by atomic mass is 10.0. The van der Waals surface area contributed by atoms with Gasteiger partial charge in [-0.15, -0.1) is 0 Å². The number of aryl methyl sites for hydroxylation is 3. The van der Waals surface area contributed by atoms with Crippen molar-refractivity contribution in [3.05, 3.63) is 76.5 Å². The van der Waals surface area contributed by atoms with E-state index in [1.165, 1.54) is 6.20 Å². The second kappa shape index (κ2) is 19.1. The number of amides is 2. The number of pyridine rings is 1. The third-order valence-electron chi connectivity index (χ3n) is 7.85. The van der Waals surface area contributed by atoms with E-state index in [9.17, 15) is 58.7 Å². The Kier molecular flexibility index (Phi) is 14.7. The average molecular weight is 866 g/mol. The van der Waals surface area contributed by atoms with E-state index in [0.29, 0.717) is 60.8 Å². The number of alkyl halides is 9. The molecule has 0 radical (unpaired) electrons. The summed E-state index contributed by atoms with van der Waals surface area (Å²) in [4.78, 5) is 70.6. The molecule has 1 fully saturated rings. The zero-order valence-corrected chi connectivity index (χ0v) is 30.8. The number of hydrogen-bond acceptors (Lipinski definition) is 13. The third kappa shape index (κ3) is 13.7. The van der Waals surface area contributed by atoms with Crippen LogP contribution in [-0.4, -0.2) is 111 Å². The molecule has 4 aromatic rings. The van der Waals surface area contributed by atoms with Crippen molar-refractivity contribution in [1.29, 1.82) is 0 Å². The largest absolute Gasteiger partial charge is 0.458 e. The van der Waals surface area contributed by atoms with Gasteiger partial charge in [0.05, 0.1) is 24.6 Å². The number of nitrogens with zero attached hydrogens (tertiary/aromatic N) is 6. The highest BCUT2D eigenvalue weighted by atomic mass is 35.5. The normalized spacial score (nSPS) is 14.2. The Hall–Kier alpha value is -6.17. The number of aromatic nitrogens is 4. The molecule has 316 valence electrons. The molecule has 0 unspecified atom stereocenters. The summed E-state index contributed by atoms with van der Waals surface area (Å²) in [7, 11) is 0. The fraction of sp³-hybridized carbons (Fsp3) is 0.324. The minimum atomic E-state index is -5.77. The van der Waals surface area contributed by atoms with Crippen molar-refractivity contribution in [2.45, 2.75) is 38.3 Å². The number of rotatable bonds is 5. The van der Waals surface area contributed by atoms with Gasteiger partial charge >= 0.3 is 30.1 Å². The Morgan fingerprint density at radius 2 is 1.51 bits per heavy atom. The lowest BCUT2D eigenvalue weighted by Gasteiger charge is -2.33. The maximum Gasteiger partial charge on any atom is 0.458 e. The molecule has 1 aromatic carbocycles. The number of nitrogens with one attached hydrogen (secondary N) is 3. The molecule has 3 aromatic heterocycles. The summed E-state index contributed by atoms with van der Waals surface area (Å²) in [5, 5.41) is 13.7. The number of halogens is 10. The number of carbonyl (C=O) groups is 5. The SMILES string of the molecule is Cc1cc(C(=O)N2CCN(CC(=O)Nc3ccc4cc3CCc3cncc(c3)Nc3ncc(Cl)c(n3)N4)CC2)no1.O=C(C(=O)C(F)(F)F)C(F)(F)F.O=CC(F)(F)F. The zero-order valence-electron chi connectivity index (χ0n) is 30.1. The molecule has 0 aliphatic carbocycles. The van der Waals surface area contributed by atoms with Gasteiger partial charge in [-0.2, -0.15) is 44.5 Å². The highest BCUT2D eigenvalue weighted by molar-refractivity contribution is 6.41. The summed E-state index contributed by atoms with van der Waals surface area (Å²) in [6, 6.07) is 9.40. The van der Waals surface area contributed by atoms with Crippen LogP contribution in [0, 0.1) is 6.92 Å². The Labute approximate surface area is 331 Å². The molecule has 2 aliphatic heterocycles. The minimum Gasteiger partial charge on any atom is -0.361 e. The van der Waals surface area contributed by atoms with Gasteiger partial charge < -0.3 is 25.4 Å². The number of benzene rings is 1. The van der Waals surface area contributed by atoms with Crippen LogP contribution >= 0.6 is 11.6 Å². The maximum absolute atomic E-state index is 13.1. The van der Waals surface area contributed by atoms with E-state index in [0.717, 1.165) is 34.6 Å². The molecule has 6 rings (SSSR count). The van der Waals surface area contributed by atoms with Crippen molar-refractivity contribution in [2.24, 2.45) is 0 Å². The van der Waals surface area contributed by atoms with E-state index < -0.39 is 36.4 Å². The Bertz CT molecular complexity index is 2150. The molecular weight excluding hydrogens is 837 g/mol. The molecule has 2 amide bonds. The topological polar surface area (TPSA) is 193 Å². The van der Waals surface area contributed by atoms with Crippen LogP contribution in [0.1, 0.15) is 27.4 Å². The van der Waals surface area contributed by atoms with E-state index in [1.54, 1.807) is 24.1 Å². The fourth-order valence-corrected chi connectivity index (χ4v) is 5.28. The Morgan fingerprint density at radius 3 is 2.08 bits per heavy atom. The van der Waals surface area contributed by atoms with Gasteiger partial charge in [0.1, 0.15) is 10.8 Å². The second-order valence-electron chi connectivity index (χ2n) is 12.3. The van der Waals surface area contributed by atoms with Crippen LogP contribution in [0.5, 0.6) is 0 Å². The van der Waals surface area contributed by atoms with Gasteiger partial charge in [0.25, 0.3) is 5.91 Å². The fourth-order valence-electron chi connectivity index (χ4n) is 5.14. The molecule has 6 bridgehead atoms. The van der Waals surface area contributed by atoms with Crippen LogP contribution in [0.25, 0.3) is 0 Å². The summed E-state index contributed by atoms with van der Waals surface area (Å²) in [5.41, 5.74) is 4.60. The first-order valence-corrected chi connectivity index (χ1v) is 17.0. The number of hydrogen-bond donors (Lipinski definition) is 3. The molecule has 2 aliphatic rings. The summed E-state index contributed by atoms with van der Waals surface area (Å²) in [6.45, 7) is 4.18. The monoisotopic (exact) mass is 865 g/mol. The summed E-state index contributed by atoms with van der Waals surface area (Å²) in [6.07, 6.45) is -10.8. The van der Waals surface area contributed by atoms with E-state index in [2.05, 4.69) is 36.1 Å². The standard InChI is InChI=1S/C28H28ClN9O3.C4F6O2.C2HF3O/c1-17-10-24(36-41-17)27(40)38-8-6-37(7-9-38)16-25(39)34-23-5-4-20-12-19(23)3-2-18-11-21(14-30-13-18)33-28-31-15-22(29)26(32-20)35-28;5-3(6,7)1(11)2(12)4(8,9)10;3-2(4,5)1-6/h4-5,10-15H,2-3,6-9,16H2,1H3,(H,34,39)(H2,31,32,33,35);;1H. The van der Waals surface area contributed by atoms with Crippen molar-refractivity contribution in [1.82, 2.24) is 29.9 Å². The van der Waals surface area contributed by atoms with Gasteiger partial charge in [0.2, 0.25) is 18.1 Å². The van der Waals surface area contributed by atoms with Gasteiger partial charge in [-0.05, 0) is 55.2 Å². The smallest absolute Gasteiger partial charge is 0.361 e. The molecule has 15 nitrogen and oxygen atoms in total. The molecule has 1 saturated heterocycles. The summed E-state index contributed by atoms with van der Waals surface area (Å²) >= 11 is 6.37. The van der Waals surface area contributed by atoms with Crippen LogP contribution in [0.4, 0.5) is 68.3 Å². The summed E-state index contributed by atoms with van der Waals surface area (Å²) < 4.78 is 103. The van der Waals surface area contributed by atoms with Crippen LogP contribution in [0.15, 0.2) is 53.4 Å². The number of carbonyl (C=O) groups excluding carboxylic acids is 5. The first-order valence-electron chi connectivity index (χ1n) is 16.7. The predicted octanol–water partition coefficient (Wildman–Crippen LogP) is 5.80. The van der Waals surface area contributed by atoms with Crippen molar-refractivity contribution >= 4 is 70.1 Å². The zero-order chi connectivity index (χ0) is 43.7. The van der Waals surface area contributed by atoms with Crippen LogP contribution in [-0.2, 0) is 32.0 Å². The quantitative estimate of drug-likeness (QED) is 0.124.